The van der Waals surface area contributed by atoms with E-state index in [9.17, 15) is 9.59 Å². The van der Waals surface area contributed by atoms with Gasteiger partial charge in [0, 0.05) is 7.05 Å². The van der Waals surface area contributed by atoms with E-state index in [1.807, 2.05) is 18.4 Å². The van der Waals surface area contributed by atoms with Gasteiger partial charge in [-0.1, -0.05) is 20.8 Å². The Bertz CT molecular complexity index is 329. The summed E-state index contributed by atoms with van der Waals surface area (Å²) in [5.74, 6) is -0.0743. The van der Waals surface area contributed by atoms with E-state index in [0.29, 0.717) is 0 Å². The second-order valence-electron chi connectivity index (χ2n) is 5.33. The van der Waals surface area contributed by atoms with Crippen molar-refractivity contribution in [3.05, 3.63) is 0 Å². The molecule has 0 saturated carbocycles. The van der Waals surface area contributed by atoms with Crippen LogP contribution < -0.4 is 0 Å². The molecule has 0 radical (unpaired) electrons. The van der Waals surface area contributed by atoms with Gasteiger partial charge >= 0.3 is 6.03 Å². The van der Waals surface area contributed by atoms with Crippen molar-refractivity contribution in [2.24, 2.45) is 0 Å². The van der Waals surface area contributed by atoms with Gasteiger partial charge in [-0.25, -0.2) is 4.79 Å². The van der Waals surface area contributed by atoms with Gasteiger partial charge in [-0.3, -0.25) is 9.69 Å². The van der Waals surface area contributed by atoms with Crippen LogP contribution in [0.4, 0.5) is 4.79 Å². The molecule has 0 bridgehead atoms. The van der Waals surface area contributed by atoms with Crippen LogP contribution >= 0.6 is 0 Å². The summed E-state index contributed by atoms with van der Waals surface area (Å²) >= 11 is 0. The number of nitrogens with zero attached hydrogens (tertiary/aromatic N) is 2. The molecule has 0 spiro atoms. The Hall–Kier alpha value is -0.843. The average Bonchev–Trinajstić information content (AvgIpc) is 2.46. The van der Waals surface area contributed by atoms with Crippen LogP contribution in [-0.4, -0.2) is 42.2 Å². The topological polar surface area (TPSA) is 40.6 Å². The van der Waals surface area contributed by atoms with Crippen LogP contribution in [0.5, 0.6) is 0 Å². The Morgan fingerprint density at radius 3 is 1.71 bits per heavy atom. The fraction of sp³-hybridized carbons (Fsp3) is 0.833. The minimum atomic E-state index is -1.85. The van der Waals surface area contributed by atoms with Crippen molar-refractivity contribution in [1.82, 2.24) is 9.47 Å². The SMILES string of the molecule is CC[Si](CC)(CC)N1C(=O)N(C)C(=O)C1(C)C. The molecule has 98 valence electrons. The van der Waals surface area contributed by atoms with Crippen molar-refractivity contribution in [3.8, 4) is 0 Å². The third-order valence-corrected chi connectivity index (χ3v) is 9.96. The summed E-state index contributed by atoms with van der Waals surface area (Å²) in [6.45, 7) is 10.2. The predicted molar refractivity (Wildman–Crippen MR) is 71.3 cm³/mol. The lowest BCUT2D eigenvalue weighted by atomic mass is 10.1. The molecule has 17 heavy (non-hydrogen) atoms. The van der Waals surface area contributed by atoms with E-state index < -0.39 is 13.8 Å². The summed E-state index contributed by atoms with van der Waals surface area (Å²) in [4.78, 5) is 25.7. The molecule has 1 rings (SSSR count). The first kappa shape index (κ1) is 14.2. The van der Waals surface area contributed by atoms with E-state index in [1.54, 1.807) is 7.05 Å². The molecule has 1 aliphatic heterocycles. The molecule has 1 saturated heterocycles. The summed E-state index contributed by atoms with van der Waals surface area (Å²) in [5, 5.41) is 0. The Balaban J connectivity index is 3.28. The fourth-order valence-electron chi connectivity index (χ4n) is 3.00. The second-order valence-corrected chi connectivity index (χ2v) is 10.3. The zero-order valence-electron chi connectivity index (χ0n) is 11.8. The number of likely N-dealkylation sites (N-methyl/N-ethyl adjacent to an activating group) is 1. The Labute approximate surface area is 105 Å². The largest absolute Gasteiger partial charge is 0.338 e. The van der Waals surface area contributed by atoms with Gasteiger partial charge in [0.25, 0.3) is 5.91 Å². The maximum Gasteiger partial charge on any atom is 0.319 e. The van der Waals surface area contributed by atoms with Crippen molar-refractivity contribution in [3.63, 3.8) is 0 Å². The summed E-state index contributed by atoms with van der Waals surface area (Å²) < 4.78 is 1.93. The van der Waals surface area contributed by atoms with Gasteiger partial charge in [-0.2, -0.15) is 0 Å². The highest BCUT2D eigenvalue weighted by molar-refractivity contribution is 6.79. The first-order valence-electron chi connectivity index (χ1n) is 6.41. The highest BCUT2D eigenvalue weighted by Crippen LogP contribution is 2.37. The van der Waals surface area contributed by atoms with Gasteiger partial charge in [-0.05, 0) is 32.0 Å². The normalized spacial score (nSPS) is 20.4. The molecule has 0 N–H and O–H groups in total. The monoisotopic (exact) mass is 256 g/mol. The van der Waals surface area contributed by atoms with Crippen molar-refractivity contribution in [2.75, 3.05) is 7.05 Å². The van der Waals surface area contributed by atoms with Crippen LogP contribution in [0, 0.1) is 0 Å². The molecular formula is C12H24N2O2Si. The maximum absolute atomic E-state index is 12.3. The Morgan fingerprint density at radius 2 is 1.47 bits per heavy atom. The predicted octanol–water partition coefficient (Wildman–Crippen LogP) is 2.66. The molecule has 0 aliphatic carbocycles. The van der Waals surface area contributed by atoms with Crippen LogP contribution in [0.1, 0.15) is 34.6 Å². The lowest BCUT2D eigenvalue weighted by Crippen LogP contribution is -2.61. The maximum atomic E-state index is 12.3. The standard InChI is InChI=1S/C12H24N2O2Si/c1-7-17(8-2,9-3)14-11(16)13(6)10(15)12(14,4)5/h7-9H2,1-6H3. The van der Waals surface area contributed by atoms with Gasteiger partial charge in [-0.15, -0.1) is 0 Å². The minimum absolute atomic E-state index is 0.0743. The van der Waals surface area contributed by atoms with Crippen molar-refractivity contribution in [2.45, 2.75) is 58.3 Å². The lowest BCUT2D eigenvalue weighted by molar-refractivity contribution is -0.130. The Morgan fingerprint density at radius 1 is 1.06 bits per heavy atom. The quantitative estimate of drug-likeness (QED) is 0.573. The summed E-state index contributed by atoms with van der Waals surface area (Å²) in [6, 6.07) is 2.93. The Kier molecular flexibility index (Phi) is 3.71. The number of hydrogen-bond donors (Lipinski definition) is 0. The van der Waals surface area contributed by atoms with Crippen molar-refractivity contribution < 1.29 is 9.59 Å². The van der Waals surface area contributed by atoms with Crippen LogP contribution in [0.3, 0.4) is 0 Å². The third kappa shape index (κ3) is 1.80. The molecule has 1 heterocycles. The molecular weight excluding hydrogens is 232 g/mol. The van der Waals surface area contributed by atoms with E-state index in [4.69, 9.17) is 0 Å². The molecule has 4 nitrogen and oxygen atoms in total. The third-order valence-electron chi connectivity index (χ3n) is 4.31. The summed E-state index contributed by atoms with van der Waals surface area (Å²) in [7, 11) is -0.255. The van der Waals surface area contributed by atoms with Crippen LogP contribution in [-0.2, 0) is 4.79 Å². The molecule has 0 aromatic heterocycles. The number of amides is 3. The molecule has 3 amide bonds. The first-order chi connectivity index (χ1) is 7.78. The zero-order valence-corrected chi connectivity index (χ0v) is 12.8. The van der Waals surface area contributed by atoms with E-state index in [2.05, 4.69) is 20.8 Å². The minimum Gasteiger partial charge on any atom is -0.338 e. The zero-order chi connectivity index (χ0) is 13.4. The van der Waals surface area contributed by atoms with E-state index in [0.717, 1.165) is 18.1 Å². The molecule has 5 heteroatoms. The number of hydrogen-bond acceptors (Lipinski definition) is 2. The van der Waals surface area contributed by atoms with Crippen LogP contribution in [0.2, 0.25) is 18.1 Å². The first-order valence-corrected chi connectivity index (χ1v) is 8.97. The van der Waals surface area contributed by atoms with Gasteiger partial charge in [0.2, 0.25) is 0 Å². The summed E-state index contributed by atoms with van der Waals surface area (Å²) in [6.07, 6.45) is 0. The average molecular weight is 256 g/mol. The fourth-order valence-corrected chi connectivity index (χ4v) is 7.29. The number of carbonyl (C=O) groups excluding carboxylic acids is 2. The molecule has 1 fully saturated rings. The second kappa shape index (κ2) is 4.44. The van der Waals surface area contributed by atoms with Crippen molar-refractivity contribution in [1.29, 1.82) is 0 Å². The molecule has 0 aromatic rings. The molecule has 1 aliphatic rings. The number of rotatable bonds is 4. The smallest absolute Gasteiger partial charge is 0.319 e. The van der Waals surface area contributed by atoms with E-state index >= 15 is 0 Å². The van der Waals surface area contributed by atoms with Crippen LogP contribution in [0.25, 0.3) is 0 Å². The van der Waals surface area contributed by atoms with Gasteiger partial charge < -0.3 is 4.57 Å². The summed E-state index contributed by atoms with van der Waals surface area (Å²) in [5.41, 5.74) is -0.667. The van der Waals surface area contributed by atoms with Gasteiger partial charge in [0.1, 0.15) is 5.54 Å². The van der Waals surface area contributed by atoms with Gasteiger partial charge in [0.05, 0.1) is 0 Å². The van der Waals surface area contributed by atoms with Crippen LogP contribution in [0.15, 0.2) is 0 Å². The highest BCUT2D eigenvalue weighted by atomic mass is 28.3. The number of carbonyl (C=O) groups is 2. The lowest BCUT2D eigenvalue weighted by Gasteiger charge is -2.43. The number of urea groups is 1. The molecule has 0 aromatic carbocycles. The molecule has 0 atom stereocenters. The van der Waals surface area contributed by atoms with E-state index in [-0.39, 0.29) is 11.9 Å². The van der Waals surface area contributed by atoms with E-state index in [1.165, 1.54) is 4.90 Å². The highest BCUT2D eigenvalue weighted by Gasteiger charge is 2.56. The van der Waals surface area contributed by atoms with Gasteiger partial charge in [0.15, 0.2) is 8.24 Å². The van der Waals surface area contributed by atoms with Crippen molar-refractivity contribution >= 4 is 20.2 Å². The molecule has 0 unspecified atom stereocenters. The number of imide groups is 1.